The quantitative estimate of drug-likeness (QED) is 0.693. The third-order valence-corrected chi connectivity index (χ3v) is 1.06. The zero-order valence-electron chi connectivity index (χ0n) is 16.3. The molecule has 2 N–H and O–H groups in total. The summed E-state index contributed by atoms with van der Waals surface area (Å²) in [6, 6.07) is 0. The maximum absolute atomic E-state index is 9.44. The van der Waals surface area contributed by atoms with Crippen molar-refractivity contribution >= 4 is 11.6 Å². The molecule has 132 valence electrons. The predicted molar refractivity (Wildman–Crippen MR) is 97.8 cm³/mol. The van der Waals surface area contributed by atoms with Gasteiger partial charge in [0.15, 0.2) is 0 Å². The molecule has 0 rings (SSSR count). The Hall–Kier alpha value is -0.700. The molecule has 0 spiro atoms. The molecule has 0 bridgehead atoms. The SMILES string of the molecule is CC(C)=O.CC(C)=O.CCC.CCC.CCCCCCN. The van der Waals surface area contributed by atoms with E-state index in [0.29, 0.717) is 0 Å². The molecule has 0 atom stereocenters. The first-order chi connectivity index (χ1) is 9.71. The molecule has 3 nitrogen and oxygen atoms in total. The van der Waals surface area contributed by atoms with Crippen LogP contribution >= 0.6 is 0 Å². The normalized spacial score (nSPS) is 7.33. The van der Waals surface area contributed by atoms with Gasteiger partial charge in [-0.1, -0.05) is 66.7 Å². The lowest BCUT2D eigenvalue weighted by atomic mass is 10.2. The van der Waals surface area contributed by atoms with E-state index in [9.17, 15) is 9.59 Å². The third kappa shape index (κ3) is 530. The van der Waals surface area contributed by atoms with Crippen molar-refractivity contribution in [3.05, 3.63) is 0 Å². The van der Waals surface area contributed by atoms with E-state index in [1.54, 1.807) is 0 Å². The maximum Gasteiger partial charge on any atom is 0.126 e. The van der Waals surface area contributed by atoms with Crippen LogP contribution in [0.3, 0.4) is 0 Å². The van der Waals surface area contributed by atoms with Crippen LogP contribution in [-0.2, 0) is 9.59 Å². The number of hydrogen-bond donors (Lipinski definition) is 1. The van der Waals surface area contributed by atoms with Crippen molar-refractivity contribution in [2.45, 2.75) is 101 Å². The Bertz CT molecular complexity index is 143. The molecule has 0 heterocycles. The first kappa shape index (κ1) is 32.3. The summed E-state index contributed by atoms with van der Waals surface area (Å²) in [5.41, 5.74) is 5.27. The third-order valence-electron chi connectivity index (χ3n) is 1.06. The van der Waals surface area contributed by atoms with Crippen LogP contribution in [0, 0.1) is 0 Å². The molecule has 0 aliphatic rings. The van der Waals surface area contributed by atoms with Gasteiger partial charge in [0.1, 0.15) is 11.6 Å². The van der Waals surface area contributed by atoms with Crippen molar-refractivity contribution in [3.8, 4) is 0 Å². The average molecular weight is 306 g/mol. The number of carbonyl (C=O) groups is 2. The van der Waals surface area contributed by atoms with Crippen molar-refractivity contribution in [2.24, 2.45) is 5.73 Å². The molecule has 3 heteroatoms. The molecule has 0 aromatic rings. The van der Waals surface area contributed by atoms with E-state index in [1.165, 1.54) is 66.2 Å². The molecule has 0 amide bonds. The summed E-state index contributed by atoms with van der Waals surface area (Å²) >= 11 is 0. The Labute approximate surface area is 135 Å². The predicted octanol–water partition coefficient (Wildman–Crippen LogP) is 5.55. The fraction of sp³-hybridized carbons (Fsp3) is 0.889. The maximum atomic E-state index is 9.44. The second kappa shape index (κ2) is 42.7. The molecule has 0 radical (unpaired) electrons. The highest BCUT2D eigenvalue weighted by Gasteiger charge is 1.80. The fourth-order valence-corrected chi connectivity index (χ4v) is 0.571. The Kier molecular flexibility index (Phi) is 65.7. The van der Waals surface area contributed by atoms with Crippen LogP contribution in [0.15, 0.2) is 0 Å². The first-order valence-electron chi connectivity index (χ1n) is 8.35. The highest BCUT2D eigenvalue weighted by Crippen LogP contribution is 1.95. The molecule has 0 aromatic heterocycles. The molecule has 0 saturated heterocycles. The van der Waals surface area contributed by atoms with Gasteiger partial charge >= 0.3 is 0 Å². The Morgan fingerprint density at radius 2 is 0.905 bits per heavy atom. The van der Waals surface area contributed by atoms with Crippen LogP contribution in [0.25, 0.3) is 0 Å². The van der Waals surface area contributed by atoms with E-state index in [1.807, 2.05) is 0 Å². The first-order valence-corrected chi connectivity index (χ1v) is 8.35. The minimum absolute atomic E-state index is 0.167. The lowest BCUT2D eigenvalue weighted by Gasteiger charge is -1.90. The zero-order chi connectivity index (χ0) is 18.1. The van der Waals surface area contributed by atoms with Crippen molar-refractivity contribution in [1.82, 2.24) is 0 Å². The lowest BCUT2D eigenvalue weighted by Crippen LogP contribution is -1.97. The highest BCUT2D eigenvalue weighted by atomic mass is 16.1. The Balaban J connectivity index is -0.0000000535. The summed E-state index contributed by atoms with van der Waals surface area (Å²) < 4.78 is 0. The van der Waals surface area contributed by atoms with Crippen molar-refractivity contribution in [1.29, 1.82) is 0 Å². The number of hydrogen-bond acceptors (Lipinski definition) is 3. The van der Waals surface area contributed by atoms with Gasteiger partial charge in [-0.25, -0.2) is 0 Å². The second-order valence-electron chi connectivity index (χ2n) is 5.08. The second-order valence-corrected chi connectivity index (χ2v) is 5.08. The van der Waals surface area contributed by atoms with Gasteiger partial charge in [-0.05, 0) is 40.7 Å². The van der Waals surface area contributed by atoms with Crippen LogP contribution in [0.5, 0.6) is 0 Å². The molecule has 0 saturated carbocycles. The molecule has 0 unspecified atom stereocenters. The molecular weight excluding hydrogens is 262 g/mol. The molecule has 0 fully saturated rings. The number of rotatable bonds is 4. The van der Waals surface area contributed by atoms with Crippen molar-refractivity contribution in [3.63, 3.8) is 0 Å². The lowest BCUT2D eigenvalue weighted by molar-refractivity contribution is -0.115. The van der Waals surface area contributed by atoms with E-state index in [2.05, 4.69) is 34.6 Å². The number of carbonyl (C=O) groups excluding carboxylic acids is 2. The van der Waals surface area contributed by atoms with E-state index in [-0.39, 0.29) is 11.6 Å². The van der Waals surface area contributed by atoms with E-state index in [0.717, 1.165) is 6.54 Å². The van der Waals surface area contributed by atoms with Gasteiger partial charge in [-0.15, -0.1) is 0 Å². The molecule has 0 aliphatic heterocycles. The van der Waals surface area contributed by atoms with E-state index >= 15 is 0 Å². The molecule has 0 aromatic carbocycles. The van der Waals surface area contributed by atoms with Gasteiger partial charge in [-0.3, -0.25) is 0 Å². The smallest absolute Gasteiger partial charge is 0.126 e. The monoisotopic (exact) mass is 305 g/mol. The van der Waals surface area contributed by atoms with Crippen LogP contribution in [-0.4, -0.2) is 18.1 Å². The molecule has 0 aliphatic carbocycles. The van der Waals surface area contributed by atoms with Gasteiger partial charge in [0, 0.05) is 0 Å². The van der Waals surface area contributed by atoms with E-state index in [4.69, 9.17) is 5.73 Å². The van der Waals surface area contributed by atoms with Crippen molar-refractivity contribution < 1.29 is 9.59 Å². The Morgan fingerprint density at radius 1 is 0.667 bits per heavy atom. The summed E-state index contributed by atoms with van der Waals surface area (Å²) in [6.45, 7) is 17.7. The molecular formula is C18H43NO2. The zero-order valence-corrected chi connectivity index (χ0v) is 16.3. The summed E-state index contributed by atoms with van der Waals surface area (Å²) in [5, 5.41) is 0. The number of Topliss-reactive ketones (excluding diaryl/α,β-unsaturated/α-hetero) is 2. The van der Waals surface area contributed by atoms with Gasteiger partial charge in [0.05, 0.1) is 0 Å². The standard InChI is InChI=1S/C6H15N.2C3H6O.2C3H8/c1-2-3-4-5-6-7;2*1-3(2)4;2*1-3-2/h2-7H2,1H3;2*1-2H3;2*3H2,1-2H3. The minimum Gasteiger partial charge on any atom is -0.330 e. The summed E-state index contributed by atoms with van der Waals surface area (Å²) in [6.07, 6.45) is 7.66. The van der Waals surface area contributed by atoms with Crippen LogP contribution in [0.2, 0.25) is 0 Å². The van der Waals surface area contributed by atoms with Gasteiger partial charge < -0.3 is 15.3 Å². The number of nitrogens with two attached hydrogens (primary N) is 1. The highest BCUT2D eigenvalue weighted by molar-refractivity contribution is 5.72. The van der Waals surface area contributed by atoms with Crippen LogP contribution < -0.4 is 5.73 Å². The van der Waals surface area contributed by atoms with Gasteiger partial charge in [-0.2, -0.15) is 0 Å². The molecule has 21 heavy (non-hydrogen) atoms. The number of unbranched alkanes of at least 4 members (excludes halogenated alkanes) is 3. The minimum atomic E-state index is 0.167. The fourth-order valence-electron chi connectivity index (χ4n) is 0.571. The summed E-state index contributed by atoms with van der Waals surface area (Å²) in [7, 11) is 0. The summed E-state index contributed by atoms with van der Waals surface area (Å²) in [4.78, 5) is 18.9. The van der Waals surface area contributed by atoms with Gasteiger partial charge in [0.2, 0.25) is 0 Å². The number of ketones is 2. The van der Waals surface area contributed by atoms with Crippen LogP contribution in [0.4, 0.5) is 0 Å². The largest absolute Gasteiger partial charge is 0.330 e. The Morgan fingerprint density at radius 3 is 1.05 bits per heavy atom. The van der Waals surface area contributed by atoms with Gasteiger partial charge in [0.25, 0.3) is 0 Å². The summed E-state index contributed by atoms with van der Waals surface area (Å²) in [5.74, 6) is 0.333. The average Bonchev–Trinajstić information content (AvgIpc) is 2.30. The topological polar surface area (TPSA) is 60.2 Å². The van der Waals surface area contributed by atoms with E-state index < -0.39 is 0 Å². The van der Waals surface area contributed by atoms with Crippen LogP contribution in [0.1, 0.15) is 101 Å². The van der Waals surface area contributed by atoms with Crippen molar-refractivity contribution in [2.75, 3.05) is 6.54 Å².